The molecule has 0 unspecified atom stereocenters. The molecule has 5 rings (SSSR count). The summed E-state index contributed by atoms with van der Waals surface area (Å²) in [6.45, 7) is 2.57. The van der Waals surface area contributed by atoms with Crippen LogP contribution in [0.4, 0.5) is 28.7 Å². The number of nitrogens with one attached hydrogen (secondary N) is 1. The predicted octanol–water partition coefficient (Wildman–Crippen LogP) is 5.07. The van der Waals surface area contributed by atoms with Crippen LogP contribution in [0, 0.1) is 17.0 Å². The van der Waals surface area contributed by atoms with Gasteiger partial charge in [-0.1, -0.05) is 36.4 Å². The van der Waals surface area contributed by atoms with Crippen molar-refractivity contribution in [1.29, 1.82) is 0 Å². The molecule has 0 aliphatic carbocycles. The number of pyridine rings is 1. The van der Waals surface area contributed by atoms with E-state index in [1.807, 2.05) is 60.4 Å². The summed E-state index contributed by atoms with van der Waals surface area (Å²) < 4.78 is 0. The van der Waals surface area contributed by atoms with Gasteiger partial charge in [0.1, 0.15) is 6.33 Å². The highest BCUT2D eigenvalue weighted by molar-refractivity contribution is 5.93. The Hall–Kier alpha value is -4.07. The first-order valence-electron chi connectivity index (χ1n) is 10.1. The van der Waals surface area contributed by atoms with Crippen molar-refractivity contribution in [3.05, 3.63) is 82.3 Å². The summed E-state index contributed by atoms with van der Waals surface area (Å²) in [6.07, 6.45) is 3.21. The summed E-state index contributed by atoms with van der Waals surface area (Å²) in [5.74, 6) is 0.438. The number of fused-ring (bicyclic) bond motifs is 2. The Morgan fingerprint density at radius 3 is 2.81 bits per heavy atom. The largest absolute Gasteiger partial charge is 0.354 e. The molecule has 0 radical (unpaired) electrons. The van der Waals surface area contributed by atoms with Crippen molar-refractivity contribution in [3.8, 4) is 0 Å². The highest BCUT2D eigenvalue weighted by Crippen LogP contribution is 2.40. The fourth-order valence-electron chi connectivity index (χ4n) is 4.05. The molecule has 154 valence electrons. The third-order valence-corrected chi connectivity index (χ3v) is 5.46. The highest BCUT2D eigenvalue weighted by Gasteiger charge is 2.30. The molecular formula is C23H20N6O2. The van der Waals surface area contributed by atoms with E-state index in [0.29, 0.717) is 18.1 Å². The van der Waals surface area contributed by atoms with Crippen LogP contribution in [-0.2, 0) is 6.42 Å². The predicted molar refractivity (Wildman–Crippen MR) is 120 cm³/mol. The van der Waals surface area contributed by atoms with Crippen LogP contribution in [0.5, 0.6) is 0 Å². The van der Waals surface area contributed by atoms with Gasteiger partial charge in [0.05, 0.1) is 16.1 Å². The molecule has 0 bridgehead atoms. The van der Waals surface area contributed by atoms with Crippen molar-refractivity contribution < 1.29 is 4.92 Å². The Kier molecular flexibility index (Phi) is 4.66. The molecule has 0 atom stereocenters. The molecule has 8 nitrogen and oxygen atoms in total. The maximum Gasteiger partial charge on any atom is 0.354 e. The van der Waals surface area contributed by atoms with Crippen molar-refractivity contribution >= 4 is 39.6 Å². The second-order valence-corrected chi connectivity index (χ2v) is 7.49. The SMILES string of the molecule is Cc1ccc2cccc(Nc3ncnc(N4CCCc5ccccc54)c3[N+](=O)[O-])c2n1. The van der Waals surface area contributed by atoms with Gasteiger partial charge in [-0.3, -0.25) is 15.1 Å². The lowest BCUT2D eigenvalue weighted by Gasteiger charge is -2.30. The van der Waals surface area contributed by atoms with Gasteiger partial charge in [0.25, 0.3) is 0 Å². The third kappa shape index (κ3) is 3.42. The quantitative estimate of drug-likeness (QED) is 0.369. The van der Waals surface area contributed by atoms with Crippen LogP contribution in [0.3, 0.4) is 0 Å². The van der Waals surface area contributed by atoms with Gasteiger partial charge in [0, 0.05) is 23.3 Å². The lowest BCUT2D eigenvalue weighted by atomic mass is 10.0. The molecule has 1 aliphatic rings. The van der Waals surface area contributed by atoms with Crippen molar-refractivity contribution in [2.75, 3.05) is 16.8 Å². The second kappa shape index (κ2) is 7.64. The number of aryl methyl sites for hydroxylation is 2. The van der Waals surface area contributed by atoms with Crippen molar-refractivity contribution in [3.63, 3.8) is 0 Å². The molecule has 8 heteroatoms. The molecule has 0 spiro atoms. The summed E-state index contributed by atoms with van der Waals surface area (Å²) in [7, 11) is 0. The minimum absolute atomic E-state index is 0.147. The zero-order valence-corrected chi connectivity index (χ0v) is 16.9. The molecular weight excluding hydrogens is 392 g/mol. The van der Waals surface area contributed by atoms with Gasteiger partial charge < -0.3 is 10.2 Å². The first-order valence-corrected chi connectivity index (χ1v) is 10.1. The number of nitrogens with zero attached hydrogens (tertiary/aromatic N) is 5. The van der Waals surface area contributed by atoms with E-state index in [2.05, 4.69) is 26.3 Å². The van der Waals surface area contributed by atoms with Gasteiger partial charge in [-0.15, -0.1) is 0 Å². The Morgan fingerprint density at radius 1 is 1.06 bits per heavy atom. The fraction of sp³-hybridized carbons (Fsp3) is 0.174. The minimum Gasteiger partial charge on any atom is -0.332 e. The summed E-state index contributed by atoms with van der Waals surface area (Å²) in [6, 6.07) is 17.6. The average Bonchev–Trinajstić information content (AvgIpc) is 2.79. The van der Waals surface area contributed by atoms with E-state index >= 15 is 0 Å². The number of nitro groups is 1. The lowest BCUT2D eigenvalue weighted by Crippen LogP contribution is -2.26. The number of aromatic nitrogens is 3. The summed E-state index contributed by atoms with van der Waals surface area (Å²) in [5.41, 5.74) is 4.22. The van der Waals surface area contributed by atoms with E-state index in [4.69, 9.17) is 0 Å². The minimum atomic E-state index is -0.418. The van der Waals surface area contributed by atoms with Crippen molar-refractivity contribution in [1.82, 2.24) is 15.0 Å². The molecule has 0 saturated carbocycles. The smallest absolute Gasteiger partial charge is 0.332 e. The standard InChI is InChI=1S/C23H20N6O2/c1-15-11-12-17-7-4-9-18(20(17)26-15)27-22-21(29(30)31)23(25-14-24-22)28-13-5-8-16-6-2-3-10-19(16)28/h2-4,6-7,9-12,14H,5,8,13H2,1H3,(H,24,25,27). The number of benzene rings is 2. The number of hydrogen-bond acceptors (Lipinski definition) is 7. The molecule has 0 saturated heterocycles. The van der Waals surface area contributed by atoms with Crippen LogP contribution >= 0.6 is 0 Å². The van der Waals surface area contributed by atoms with E-state index in [1.165, 1.54) is 6.33 Å². The van der Waals surface area contributed by atoms with E-state index < -0.39 is 4.92 Å². The van der Waals surface area contributed by atoms with Gasteiger partial charge in [-0.05, 0) is 43.5 Å². The Morgan fingerprint density at radius 2 is 1.94 bits per heavy atom. The monoisotopic (exact) mass is 412 g/mol. The Balaban J connectivity index is 1.63. The van der Waals surface area contributed by atoms with Gasteiger partial charge in [0.15, 0.2) is 0 Å². The highest BCUT2D eigenvalue weighted by atomic mass is 16.6. The topological polar surface area (TPSA) is 97.1 Å². The van der Waals surface area contributed by atoms with Gasteiger partial charge in [-0.25, -0.2) is 9.97 Å². The summed E-state index contributed by atoms with van der Waals surface area (Å²) >= 11 is 0. The lowest BCUT2D eigenvalue weighted by molar-refractivity contribution is -0.383. The summed E-state index contributed by atoms with van der Waals surface area (Å²) in [5, 5.41) is 16.2. The van der Waals surface area contributed by atoms with Crippen LogP contribution in [0.2, 0.25) is 0 Å². The van der Waals surface area contributed by atoms with Crippen LogP contribution < -0.4 is 10.2 Å². The first-order chi connectivity index (χ1) is 15.1. The fourth-order valence-corrected chi connectivity index (χ4v) is 4.05. The number of anilines is 4. The third-order valence-electron chi connectivity index (χ3n) is 5.46. The molecule has 0 fully saturated rings. The normalized spacial score (nSPS) is 13.1. The average molecular weight is 412 g/mol. The molecule has 1 aliphatic heterocycles. The van der Waals surface area contributed by atoms with Crippen molar-refractivity contribution in [2.45, 2.75) is 19.8 Å². The van der Waals surface area contributed by atoms with Crippen molar-refractivity contribution in [2.24, 2.45) is 0 Å². The van der Waals surface area contributed by atoms with E-state index in [1.54, 1.807) is 0 Å². The zero-order chi connectivity index (χ0) is 21.4. The van der Waals surface area contributed by atoms with E-state index in [9.17, 15) is 10.1 Å². The van der Waals surface area contributed by atoms with Gasteiger partial charge >= 0.3 is 5.69 Å². The molecule has 2 aromatic heterocycles. The molecule has 0 amide bonds. The molecule has 2 aromatic carbocycles. The molecule has 31 heavy (non-hydrogen) atoms. The second-order valence-electron chi connectivity index (χ2n) is 7.49. The molecule has 1 N–H and O–H groups in total. The van der Waals surface area contributed by atoms with E-state index in [-0.39, 0.29) is 11.5 Å². The maximum absolute atomic E-state index is 12.1. The van der Waals surface area contributed by atoms with Crippen LogP contribution in [0.1, 0.15) is 17.7 Å². The summed E-state index contributed by atoms with van der Waals surface area (Å²) in [4.78, 5) is 26.8. The Bertz CT molecular complexity index is 1310. The Labute approximate surface area is 178 Å². The zero-order valence-electron chi connectivity index (χ0n) is 16.9. The molecule has 4 aromatic rings. The van der Waals surface area contributed by atoms with E-state index in [0.717, 1.165) is 40.7 Å². The van der Waals surface area contributed by atoms with Crippen LogP contribution in [0.25, 0.3) is 10.9 Å². The number of rotatable bonds is 4. The van der Waals surface area contributed by atoms with Gasteiger partial charge in [0.2, 0.25) is 11.6 Å². The van der Waals surface area contributed by atoms with Crippen LogP contribution in [-0.4, -0.2) is 26.4 Å². The number of para-hydroxylation sites is 2. The number of hydrogen-bond donors (Lipinski definition) is 1. The van der Waals surface area contributed by atoms with Crippen LogP contribution in [0.15, 0.2) is 60.9 Å². The first kappa shape index (κ1) is 18.9. The maximum atomic E-state index is 12.1. The van der Waals surface area contributed by atoms with Gasteiger partial charge in [-0.2, -0.15) is 0 Å². The molecule has 3 heterocycles.